The smallest absolute Gasteiger partial charge is 0.364 e. The van der Waals surface area contributed by atoms with E-state index in [4.69, 9.17) is 4.84 Å². The van der Waals surface area contributed by atoms with E-state index < -0.39 is 11.9 Å². The Labute approximate surface area is 205 Å². The van der Waals surface area contributed by atoms with Gasteiger partial charge in [-0.2, -0.15) is 5.06 Å². The molecule has 0 aliphatic carbocycles. The minimum Gasteiger partial charge on any atom is -0.478 e. The number of hydrogen-bond acceptors (Lipinski definition) is 4. The molecule has 0 aromatic heterocycles. The van der Waals surface area contributed by atoms with Crippen molar-refractivity contribution in [3.63, 3.8) is 0 Å². The largest absolute Gasteiger partial charge is 0.478 e. The lowest BCUT2D eigenvalue weighted by Crippen LogP contribution is -2.21. The lowest BCUT2D eigenvalue weighted by Gasteiger charge is -2.19. The topological polar surface area (TPSA) is 66.8 Å². The zero-order chi connectivity index (χ0) is 24.6. The molecule has 1 aliphatic heterocycles. The normalized spacial score (nSPS) is 12.8. The number of hydroxylamine groups is 2. The van der Waals surface area contributed by atoms with E-state index in [1.165, 1.54) is 56.4 Å². The van der Waals surface area contributed by atoms with Gasteiger partial charge in [-0.25, -0.2) is 9.59 Å². The van der Waals surface area contributed by atoms with Crippen LogP contribution in [0.4, 0.5) is 0 Å². The van der Waals surface area contributed by atoms with E-state index >= 15 is 0 Å². The summed E-state index contributed by atoms with van der Waals surface area (Å²) in [6.07, 6.45) is 23.9. The fourth-order valence-corrected chi connectivity index (χ4v) is 4.36. The fourth-order valence-electron chi connectivity index (χ4n) is 4.36. The van der Waals surface area contributed by atoms with Gasteiger partial charge < -0.3 is 9.94 Å². The summed E-state index contributed by atoms with van der Waals surface area (Å²) in [5.74, 6) is -1.73. The first-order valence-electron chi connectivity index (χ1n) is 13.3. The van der Waals surface area contributed by atoms with Crippen molar-refractivity contribution in [3.8, 4) is 0 Å². The Kier molecular flexibility index (Phi) is 13.1. The Morgan fingerprint density at radius 3 is 1.74 bits per heavy atom. The minimum absolute atomic E-state index is 0.0302. The van der Waals surface area contributed by atoms with E-state index in [0.29, 0.717) is 0 Å². The van der Waals surface area contributed by atoms with Gasteiger partial charge in [0.15, 0.2) is 0 Å². The summed E-state index contributed by atoms with van der Waals surface area (Å²) in [7, 11) is 0. The fraction of sp³-hybridized carbons (Fsp3) is 0.586. The summed E-state index contributed by atoms with van der Waals surface area (Å²) in [5.41, 5.74) is 2.32. The van der Waals surface area contributed by atoms with Gasteiger partial charge in [-0.3, -0.25) is 0 Å². The number of benzene rings is 1. The average Bonchev–Trinajstić information content (AvgIpc) is 2.84. The van der Waals surface area contributed by atoms with Crippen LogP contribution in [0, 0.1) is 0 Å². The summed E-state index contributed by atoms with van der Waals surface area (Å²) < 4.78 is 0. The standard InChI is InChI=1S/C29H43NO4/c1-3-5-7-9-11-14-18-24-22-26(28(31)32)27(29(33)34-30-20-16-13-17-21-30)23-25(24)19-15-12-10-8-6-4-2/h16-17,20-23H,3-15,18-19H2,1-2H3,(H,31,32). The molecule has 0 atom stereocenters. The van der Waals surface area contributed by atoms with Crippen LogP contribution in [0.5, 0.6) is 0 Å². The van der Waals surface area contributed by atoms with Gasteiger partial charge in [0.1, 0.15) is 0 Å². The Morgan fingerprint density at radius 1 is 0.765 bits per heavy atom. The van der Waals surface area contributed by atoms with Crippen molar-refractivity contribution in [3.05, 3.63) is 58.9 Å². The van der Waals surface area contributed by atoms with Crippen molar-refractivity contribution < 1.29 is 19.5 Å². The van der Waals surface area contributed by atoms with Gasteiger partial charge in [-0.05, 0) is 55.4 Å². The summed E-state index contributed by atoms with van der Waals surface area (Å²) in [6, 6.07) is 3.50. The SMILES string of the molecule is CCCCCCCCc1cc(C(=O)O)c(C(=O)ON2C=CCC=C2)cc1CCCCCCCC. The summed E-state index contributed by atoms with van der Waals surface area (Å²) in [5, 5.41) is 11.2. The highest BCUT2D eigenvalue weighted by molar-refractivity contribution is 6.02. The molecule has 1 N–H and O–H groups in total. The van der Waals surface area contributed by atoms with Crippen LogP contribution in [0.15, 0.2) is 36.7 Å². The molecule has 188 valence electrons. The van der Waals surface area contributed by atoms with Crippen LogP contribution in [0.25, 0.3) is 0 Å². The van der Waals surface area contributed by atoms with Crippen LogP contribution in [-0.2, 0) is 17.7 Å². The number of aromatic carboxylic acids is 1. The average molecular weight is 470 g/mol. The zero-order valence-corrected chi connectivity index (χ0v) is 21.2. The van der Waals surface area contributed by atoms with Crippen LogP contribution in [-0.4, -0.2) is 22.1 Å². The number of hydrogen-bond donors (Lipinski definition) is 1. The quantitative estimate of drug-likeness (QED) is 0.234. The molecule has 0 fully saturated rings. The summed E-state index contributed by atoms with van der Waals surface area (Å²) in [6.45, 7) is 4.43. The van der Waals surface area contributed by atoms with E-state index in [9.17, 15) is 14.7 Å². The van der Waals surface area contributed by atoms with Gasteiger partial charge in [-0.15, -0.1) is 0 Å². The van der Waals surface area contributed by atoms with Crippen LogP contribution in [0.3, 0.4) is 0 Å². The Morgan fingerprint density at radius 2 is 1.24 bits per heavy atom. The molecule has 1 aliphatic rings. The van der Waals surface area contributed by atoms with Gasteiger partial charge in [0, 0.05) is 12.4 Å². The summed E-state index contributed by atoms with van der Waals surface area (Å²) in [4.78, 5) is 30.4. The van der Waals surface area contributed by atoms with Crippen molar-refractivity contribution in [2.45, 2.75) is 110 Å². The van der Waals surface area contributed by atoms with Crippen LogP contribution < -0.4 is 0 Å². The summed E-state index contributed by atoms with van der Waals surface area (Å²) >= 11 is 0. The molecule has 0 bridgehead atoms. The molecule has 0 radical (unpaired) electrons. The van der Waals surface area contributed by atoms with E-state index in [-0.39, 0.29) is 11.1 Å². The molecular formula is C29H43NO4. The molecule has 0 saturated carbocycles. The number of nitrogens with zero attached hydrogens (tertiary/aromatic N) is 1. The molecule has 2 rings (SSSR count). The maximum absolute atomic E-state index is 12.9. The first-order chi connectivity index (χ1) is 16.6. The van der Waals surface area contributed by atoms with Crippen molar-refractivity contribution in [1.29, 1.82) is 0 Å². The maximum Gasteiger partial charge on any atom is 0.364 e. The molecular weight excluding hydrogens is 426 g/mol. The van der Waals surface area contributed by atoms with Gasteiger partial charge in [0.25, 0.3) is 0 Å². The van der Waals surface area contributed by atoms with Crippen molar-refractivity contribution in [1.82, 2.24) is 5.06 Å². The van der Waals surface area contributed by atoms with E-state index in [0.717, 1.165) is 56.1 Å². The lowest BCUT2D eigenvalue weighted by atomic mass is 9.91. The molecule has 1 aromatic carbocycles. The van der Waals surface area contributed by atoms with Crippen molar-refractivity contribution in [2.24, 2.45) is 0 Å². The molecule has 0 saturated heterocycles. The monoisotopic (exact) mass is 469 g/mol. The predicted octanol–water partition coefficient (Wildman–Crippen LogP) is 8.00. The molecule has 34 heavy (non-hydrogen) atoms. The van der Waals surface area contributed by atoms with E-state index in [1.54, 1.807) is 24.5 Å². The first kappa shape index (κ1) is 27.7. The molecule has 1 heterocycles. The molecule has 0 unspecified atom stereocenters. The highest BCUT2D eigenvalue weighted by Gasteiger charge is 2.22. The lowest BCUT2D eigenvalue weighted by molar-refractivity contribution is -0.0421. The molecule has 1 aromatic rings. The van der Waals surface area contributed by atoms with Gasteiger partial charge in [-0.1, -0.05) is 90.2 Å². The first-order valence-corrected chi connectivity index (χ1v) is 13.3. The molecule has 5 heteroatoms. The second-order valence-electron chi connectivity index (χ2n) is 9.25. The van der Waals surface area contributed by atoms with Crippen molar-refractivity contribution in [2.75, 3.05) is 0 Å². The number of rotatable bonds is 17. The number of carboxylic acid groups (broad SMARTS) is 1. The second kappa shape index (κ2) is 16.1. The van der Waals surface area contributed by atoms with E-state index in [1.807, 2.05) is 12.2 Å². The minimum atomic E-state index is -1.09. The van der Waals surface area contributed by atoms with Gasteiger partial charge in [0.05, 0.1) is 11.1 Å². The number of unbranched alkanes of at least 4 members (excludes halogenated alkanes) is 10. The highest BCUT2D eigenvalue weighted by atomic mass is 16.7. The Balaban J connectivity index is 2.16. The van der Waals surface area contributed by atoms with Crippen LogP contribution in [0.1, 0.15) is 129 Å². The van der Waals surface area contributed by atoms with E-state index in [2.05, 4.69) is 13.8 Å². The predicted molar refractivity (Wildman–Crippen MR) is 138 cm³/mol. The number of carbonyl (C=O) groups excluding carboxylic acids is 1. The third-order valence-electron chi connectivity index (χ3n) is 6.35. The second-order valence-corrected chi connectivity index (χ2v) is 9.25. The maximum atomic E-state index is 12.9. The Bertz CT molecular complexity index is 816. The van der Waals surface area contributed by atoms with Gasteiger partial charge >= 0.3 is 11.9 Å². The number of allylic oxidation sites excluding steroid dienone is 2. The Hall–Kier alpha value is -2.56. The highest BCUT2D eigenvalue weighted by Crippen LogP contribution is 2.24. The van der Waals surface area contributed by atoms with Crippen LogP contribution >= 0.6 is 0 Å². The van der Waals surface area contributed by atoms with Gasteiger partial charge in [0.2, 0.25) is 0 Å². The third kappa shape index (κ3) is 9.74. The number of carbonyl (C=O) groups is 2. The number of carboxylic acids is 1. The van der Waals surface area contributed by atoms with Crippen LogP contribution in [0.2, 0.25) is 0 Å². The third-order valence-corrected chi connectivity index (χ3v) is 6.35. The molecule has 0 amide bonds. The van der Waals surface area contributed by atoms with Crippen molar-refractivity contribution >= 4 is 11.9 Å². The molecule has 0 spiro atoms. The molecule has 5 nitrogen and oxygen atoms in total. The zero-order valence-electron chi connectivity index (χ0n) is 21.2. The number of aryl methyl sites for hydroxylation is 2.